The first-order valence-electron chi connectivity index (χ1n) is 9.23. The topological polar surface area (TPSA) is 58.2 Å². The lowest BCUT2D eigenvalue weighted by Gasteiger charge is -2.27. The van der Waals surface area contributed by atoms with Crippen LogP contribution in [0.3, 0.4) is 0 Å². The van der Waals surface area contributed by atoms with Crippen LogP contribution in [0.5, 0.6) is 0 Å². The summed E-state index contributed by atoms with van der Waals surface area (Å²) in [6.45, 7) is 6.93. The largest absolute Gasteiger partial charge is 0.356 e. The molecule has 1 saturated carbocycles. The Morgan fingerprint density at radius 2 is 1.67 bits per heavy atom. The van der Waals surface area contributed by atoms with Crippen molar-refractivity contribution in [3.8, 4) is 0 Å². The Bertz CT molecular complexity index is 575. The summed E-state index contributed by atoms with van der Waals surface area (Å²) in [7, 11) is 0. The van der Waals surface area contributed by atoms with E-state index in [0.29, 0.717) is 0 Å². The van der Waals surface area contributed by atoms with Gasteiger partial charge in [-0.05, 0) is 56.6 Å². The quantitative estimate of drug-likeness (QED) is 0.833. The minimum atomic E-state index is 0.0181. The third-order valence-electron chi connectivity index (χ3n) is 5.01. The van der Waals surface area contributed by atoms with Crippen molar-refractivity contribution in [2.75, 3.05) is 11.9 Å². The minimum Gasteiger partial charge on any atom is -0.356 e. The summed E-state index contributed by atoms with van der Waals surface area (Å²) < 4.78 is 0. The Hall–Kier alpha value is -1.84. The van der Waals surface area contributed by atoms with E-state index in [9.17, 15) is 9.59 Å². The lowest BCUT2D eigenvalue weighted by atomic mass is 9.81. The fourth-order valence-corrected chi connectivity index (χ4v) is 3.44. The van der Waals surface area contributed by atoms with E-state index in [1.165, 1.54) is 5.56 Å². The molecule has 2 amide bonds. The highest BCUT2D eigenvalue weighted by Gasteiger charge is 2.30. The van der Waals surface area contributed by atoms with Crippen molar-refractivity contribution < 1.29 is 9.59 Å². The maximum Gasteiger partial charge on any atom is 0.227 e. The molecular weight excluding hydrogens is 300 g/mol. The molecule has 1 aromatic carbocycles. The highest BCUT2D eigenvalue weighted by atomic mass is 16.2. The van der Waals surface area contributed by atoms with Gasteiger partial charge < -0.3 is 10.6 Å². The standard InChI is InChI=1S/C20H30N2O2/c1-4-13-21-19(23)16-9-11-17(12-10-16)20(24)22-18-14(3)7-6-8-15(18)5-2/h6-8,16-17H,4-5,9-13H2,1-3H3,(H,21,23)(H,22,24). The van der Waals surface area contributed by atoms with Gasteiger partial charge in [-0.3, -0.25) is 9.59 Å². The highest BCUT2D eigenvalue weighted by Crippen LogP contribution is 2.31. The van der Waals surface area contributed by atoms with Crippen molar-refractivity contribution in [3.05, 3.63) is 29.3 Å². The number of aryl methyl sites for hydroxylation is 2. The van der Waals surface area contributed by atoms with Gasteiger partial charge in [0.05, 0.1) is 0 Å². The molecule has 132 valence electrons. The van der Waals surface area contributed by atoms with Crippen LogP contribution in [0.4, 0.5) is 5.69 Å². The Kier molecular flexibility index (Phi) is 6.83. The van der Waals surface area contributed by atoms with E-state index in [4.69, 9.17) is 0 Å². The predicted octanol–water partition coefficient (Wildman–Crippen LogP) is 3.83. The van der Waals surface area contributed by atoms with Gasteiger partial charge in [0.25, 0.3) is 0 Å². The SMILES string of the molecule is CCCNC(=O)C1CCC(C(=O)Nc2c(C)cccc2CC)CC1. The van der Waals surface area contributed by atoms with Gasteiger partial charge in [0.1, 0.15) is 0 Å². The normalized spacial score (nSPS) is 20.5. The molecule has 0 radical (unpaired) electrons. The number of rotatable bonds is 6. The maximum absolute atomic E-state index is 12.6. The van der Waals surface area contributed by atoms with Crippen LogP contribution < -0.4 is 10.6 Å². The number of para-hydroxylation sites is 1. The second-order valence-corrected chi connectivity index (χ2v) is 6.79. The Morgan fingerprint density at radius 3 is 2.25 bits per heavy atom. The predicted molar refractivity (Wildman–Crippen MR) is 97.9 cm³/mol. The molecular formula is C20H30N2O2. The highest BCUT2D eigenvalue weighted by molar-refractivity contribution is 5.94. The van der Waals surface area contributed by atoms with Crippen molar-refractivity contribution in [1.29, 1.82) is 0 Å². The van der Waals surface area contributed by atoms with Crippen LogP contribution in [0.15, 0.2) is 18.2 Å². The molecule has 24 heavy (non-hydrogen) atoms. The van der Waals surface area contributed by atoms with Gasteiger partial charge in [-0.25, -0.2) is 0 Å². The molecule has 0 aliphatic heterocycles. The molecule has 2 N–H and O–H groups in total. The number of amides is 2. The van der Waals surface area contributed by atoms with E-state index < -0.39 is 0 Å². The molecule has 4 heteroatoms. The number of carbonyl (C=O) groups excluding carboxylic acids is 2. The lowest BCUT2D eigenvalue weighted by molar-refractivity contribution is -0.128. The van der Waals surface area contributed by atoms with Crippen LogP contribution in [-0.4, -0.2) is 18.4 Å². The minimum absolute atomic E-state index is 0.0181. The average molecular weight is 330 g/mol. The molecule has 1 aliphatic carbocycles. The summed E-state index contributed by atoms with van der Waals surface area (Å²) in [5, 5.41) is 6.11. The molecule has 0 atom stereocenters. The zero-order chi connectivity index (χ0) is 17.5. The van der Waals surface area contributed by atoms with Crippen molar-refractivity contribution >= 4 is 17.5 Å². The first kappa shape index (κ1) is 18.5. The van der Waals surface area contributed by atoms with Crippen molar-refractivity contribution in [3.63, 3.8) is 0 Å². The summed E-state index contributed by atoms with van der Waals surface area (Å²) in [6.07, 6.45) is 5.07. The number of hydrogen-bond acceptors (Lipinski definition) is 2. The van der Waals surface area contributed by atoms with Crippen LogP contribution in [-0.2, 0) is 16.0 Å². The monoisotopic (exact) mass is 330 g/mol. The van der Waals surface area contributed by atoms with Gasteiger partial charge in [-0.2, -0.15) is 0 Å². The van der Waals surface area contributed by atoms with Crippen LogP contribution in [0.1, 0.15) is 57.1 Å². The summed E-state index contributed by atoms with van der Waals surface area (Å²) in [4.78, 5) is 24.7. The Labute approximate surface area is 145 Å². The molecule has 4 nitrogen and oxygen atoms in total. The van der Waals surface area contributed by atoms with Crippen molar-refractivity contribution in [2.24, 2.45) is 11.8 Å². The molecule has 1 fully saturated rings. The summed E-state index contributed by atoms with van der Waals surface area (Å²) >= 11 is 0. The molecule has 0 heterocycles. The van der Waals surface area contributed by atoms with E-state index in [2.05, 4.69) is 30.5 Å². The fraction of sp³-hybridized carbons (Fsp3) is 0.600. The maximum atomic E-state index is 12.6. The first-order valence-corrected chi connectivity index (χ1v) is 9.23. The molecule has 1 aromatic rings. The average Bonchev–Trinajstić information content (AvgIpc) is 2.61. The molecule has 2 rings (SSSR count). The summed E-state index contributed by atoms with van der Waals surface area (Å²) in [5.74, 6) is 0.351. The van der Waals surface area contributed by atoms with Crippen LogP contribution >= 0.6 is 0 Å². The number of hydrogen-bond donors (Lipinski definition) is 2. The third kappa shape index (κ3) is 4.59. The second-order valence-electron chi connectivity index (χ2n) is 6.79. The fourth-order valence-electron chi connectivity index (χ4n) is 3.44. The van der Waals surface area contributed by atoms with E-state index in [1.807, 2.05) is 19.1 Å². The third-order valence-corrected chi connectivity index (χ3v) is 5.01. The number of anilines is 1. The molecule has 0 bridgehead atoms. The van der Waals surface area contributed by atoms with Crippen LogP contribution in [0.2, 0.25) is 0 Å². The Morgan fingerprint density at radius 1 is 1.04 bits per heavy atom. The van der Waals surface area contributed by atoms with E-state index in [-0.39, 0.29) is 23.7 Å². The molecule has 0 unspecified atom stereocenters. The van der Waals surface area contributed by atoms with Gasteiger partial charge in [-0.15, -0.1) is 0 Å². The number of nitrogens with one attached hydrogen (secondary N) is 2. The van der Waals surface area contributed by atoms with E-state index in [0.717, 1.165) is 56.3 Å². The van der Waals surface area contributed by atoms with Crippen molar-refractivity contribution in [2.45, 2.75) is 59.3 Å². The van der Waals surface area contributed by atoms with Crippen LogP contribution in [0.25, 0.3) is 0 Å². The zero-order valence-corrected chi connectivity index (χ0v) is 15.2. The summed E-state index contributed by atoms with van der Waals surface area (Å²) in [5.41, 5.74) is 3.25. The number of carbonyl (C=O) groups is 2. The summed E-state index contributed by atoms with van der Waals surface area (Å²) in [6, 6.07) is 6.13. The van der Waals surface area contributed by atoms with Crippen LogP contribution in [0, 0.1) is 18.8 Å². The lowest BCUT2D eigenvalue weighted by Crippen LogP contribution is -2.35. The molecule has 0 spiro atoms. The second kappa shape index (κ2) is 8.86. The first-order chi connectivity index (χ1) is 11.6. The van der Waals surface area contributed by atoms with Gasteiger partial charge >= 0.3 is 0 Å². The van der Waals surface area contributed by atoms with Gasteiger partial charge in [0.15, 0.2) is 0 Å². The van der Waals surface area contributed by atoms with Gasteiger partial charge in [-0.1, -0.05) is 32.0 Å². The van der Waals surface area contributed by atoms with Crippen molar-refractivity contribution in [1.82, 2.24) is 5.32 Å². The number of benzene rings is 1. The van der Waals surface area contributed by atoms with E-state index >= 15 is 0 Å². The zero-order valence-electron chi connectivity index (χ0n) is 15.2. The molecule has 0 saturated heterocycles. The van der Waals surface area contributed by atoms with Gasteiger partial charge in [0.2, 0.25) is 11.8 Å². The van der Waals surface area contributed by atoms with E-state index in [1.54, 1.807) is 0 Å². The molecule has 1 aliphatic rings. The smallest absolute Gasteiger partial charge is 0.227 e. The van der Waals surface area contributed by atoms with Gasteiger partial charge in [0, 0.05) is 24.1 Å². The molecule has 0 aromatic heterocycles. The Balaban J connectivity index is 1.91.